The van der Waals surface area contributed by atoms with Gasteiger partial charge in [-0.2, -0.15) is 0 Å². The molecular weight excluding hydrogens is 344 g/mol. The van der Waals surface area contributed by atoms with Gasteiger partial charge in [0.15, 0.2) is 5.76 Å². The van der Waals surface area contributed by atoms with Crippen LogP contribution in [-0.2, 0) is 11.3 Å². The first-order chi connectivity index (χ1) is 12.1. The predicted molar refractivity (Wildman–Crippen MR) is 93.8 cm³/mol. The summed E-state index contributed by atoms with van der Waals surface area (Å²) in [4.78, 5) is 11.1. The zero-order valence-corrected chi connectivity index (χ0v) is 14.1. The van der Waals surface area contributed by atoms with Crippen LogP contribution in [-0.4, -0.2) is 18.4 Å². The molecule has 0 aliphatic rings. The number of carbonyl (C=O) groups excluding carboxylic acids is 1. The molecule has 1 amide bonds. The summed E-state index contributed by atoms with van der Waals surface area (Å²) < 4.78 is 15.5. The Morgan fingerprint density at radius 1 is 1.16 bits per heavy atom. The summed E-state index contributed by atoms with van der Waals surface area (Å²) in [7, 11) is 1.31. The van der Waals surface area contributed by atoms with E-state index < -0.39 is 6.09 Å². The topological polar surface area (TPSA) is 73.6 Å². The third kappa shape index (κ3) is 4.51. The monoisotopic (exact) mass is 358 g/mol. The average Bonchev–Trinajstić information content (AvgIpc) is 3.10. The largest absolute Gasteiger partial charge is 0.486 e. The molecule has 7 heteroatoms. The number of amides is 1. The van der Waals surface area contributed by atoms with Crippen LogP contribution < -0.4 is 10.1 Å². The number of nitrogens with one attached hydrogen (secondary N) is 1. The Balaban J connectivity index is 1.58. The van der Waals surface area contributed by atoms with Gasteiger partial charge < -0.3 is 14.0 Å². The van der Waals surface area contributed by atoms with E-state index in [0.29, 0.717) is 27.9 Å². The molecule has 2 aromatic carbocycles. The number of rotatable bonds is 5. The predicted octanol–water partition coefficient (Wildman–Crippen LogP) is 4.75. The van der Waals surface area contributed by atoms with Gasteiger partial charge in [0, 0.05) is 22.3 Å². The molecule has 0 bridgehead atoms. The summed E-state index contributed by atoms with van der Waals surface area (Å²) in [5.74, 6) is 1.24. The maximum absolute atomic E-state index is 11.1. The molecule has 1 heterocycles. The molecule has 1 aromatic heterocycles. The lowest BCUT2D eigenvalue weighted by molar-refractivity contribution is 0.187. The Morgan fingerprint density at radius 3 is 2.56 bits per heavy atom. The highest BCUT2D eigenvalue weighted by Gasteiger charge is 2.08. The Bertz CT molecular complexity index is 844. The number of carbonyl (C=O) groups is 1. The molecule has 0 aliphatic carbocycles. The third-order valence-electron chi connectivity index (χ3n) is 3.37. The van der Waals surface area contributed by atoms with Gasteiger partial charge in [-0.1, -0.05) is 28.9 Å². The summed E-state index contributed by atoms with van der Waals surface area (Å²) in [5.41, 5.74) is 2.24. The molecule has 0 radical (unpaired) electrons. The van der Waals surface area contributed by atoms with E-state index in [0.717, 1.165) is 5.56 Å². The molecule has 25 heavy (non-hydrogen) atoms. The van der Waals surface area contributed by atoms with Gasteiger partial charge in [-0.15, -0.1) is 0 Å². The second-order valence-electron chi connectivity index (χ2n) is 5.11. The number of halogens is 1. The SMILES string of the molecule is COC(=O)Nc1ccc(OCc2cc(-c3ccc(Cl)cc3)no2)cc1. The second kappa shape index (κ2) is 7.72. The molecule has 0 saturated carbocycles. The smallest absolute Gasteiger partial charge is 0.411 e. The summed E-state index contributed by atoms with van der Waals surface area (Å²) in [5, 5.41) is 7.26. The van der Waals surface area contributed by atoms with Gasteiger partial charge >= 0.3 is 6.09 Å². The van der Waals surface area contributed by atoms with E-state index in [9.17, 15) is 4.79 Å². The number of hydrogen-bond donors (Lipinski definition) is 1. The van der Waals surface area contributed by atoms with Crippen molar-refractivity contribution in [1.29, 1.82) is 0 Å². The van der Waals surface area contributed by atoms with E-state index in [-0.39, 0.29) is 6.61 Å². The van der Waals surface area contributed by atoms with Crippen molar-refractivity contribution in [3.8, 4) is 17.0 Å². The molecule has 6 nitrogen and oxygen atoms in total. The zero-order chi connectivity index (χ0) is 17.6. The number of aromatic nitrogens is 1. The van der Waals surface area contributed by atoms with Crippen LogP contribution in [0.3, 0.4) is 0 Å². The number of hydrogen-bond acceptors (Lipinski definition) is 5. The number of ether oxygens (including phenoxy) is 2. The molecule has 0 saturated heterocycles. The molecule has 0 aliphatic heterocycles. The van der Waals surface area contributed by atoms with E-state index >= 15 is 0 Å². The van der Waals surface area contributed by atoms with Gasteiger partial charge in [0.05, 0.1) is 7.11 Å². The Kier molecular flexibility index (Phi) is 5.20. The maximum Gasteiger partial charge on any atom is 0.411 e. The molecule has 3 rings (SSSR count). The standard InChI is InChI=1S/C18H15ClN2O4/c1-23-18(22)20-14-6-8-15(9-7-14)24-11-16-10-17(21-25-16)12-2-4-13(19)5-3-12/h2-10H,11H2,1H3,(H,20,22). The fourth-order valence-electron chi connectivity index (χ4n) is 2.10. The van der Waals surface area contributed by atoms with Gasteiger partial charge in [0.2, 0.25) is 0 Å². The molecule has 3 aromatic rings. The quantitative estimate of drug-likeness (QED) is 0.712. The van der Waals surface area contributed by atoms with Crippen LogP contribution in [0.4, 0.5) is 10.5 Å². The fraction of sp³-hybridized carbons (Fsp3) is 0.111. The Morgan fingerprint density at radius 2 is 1.88 bits per heavy atom. The third-order valence-corrected chi connectivity index (χ3v) is 3.62. The van der Waals surface area contributed by atoms with Crippen molar-refractivity contribution in [1.82, 2.24) is 5.16 Å². The van der Waals surface area contributed by atoms with Crippen molar-refractivity contribution in [2.75, 3.05) is 12.4 Å². The van der Waals surface area contributed by atoms with Crippen molar-refractivity contribution in [2.45, 2.75) is 6.61 Å². The number of methoxy groups -OCH3 is 1. The number of anilines is 1. The molecule has 0 atom stereocenters. The minimum absolute atomic E-state index is 0.240. The minimum atomic E-state index is -0.523. The highest BCUT2D eigenvalue weighted by atomic mass is 35.5. The summed E-state index contributed by atoms with van der Waals surface area (Å²) in [6, 6.07) is 16.1. The highest BCUT2D eigenvalue weighted by Crippen LogP contribution is 2.22. The first-order valence-corrected chi connectivity index (χ1v) is 7.81. The van der Waals surface area contributed by atoms with Crippen LogP contribution in [0.15, 0.2) is 59.1 Å². The van der Waals surface area contributed by atoms with Crippen LogP contribution in [0.1, 0.15) is 5.76 Å². The van der Waals surface area contributed by atoms with Crippen molar-refractivity contribution < 1.29 is 18.8 Å². The van der Waals surface area contributed by atoms with Gasteiger partial charge in [0.1, 0.15) is 18.1 Å². The van der Waals surface area contributed by atoms with Crippen LogP contribution in [0.2, 0.25) is 5.02 Å². The summed E-state index contributed by atoms with van der Waals surface area (Å²) >= 11 is 5.88. The minimum Gasteiger partial charge on any atom is -0.486 e. The molecule has 0 unspecified atom stereocenters. The summed E-state index contributed by atoms with van der Waals surface area (Å²) in [6.45, 7) is 0.240. The van der Waals surface area contributed by atoms with Crippen LogP contribution in [0, 0.1) is 0 Å². The van der Waals surface area contributed by atoms with E-state index in [1.807, 2.05) is 18.2 Å². The van der Waals surface area contributed by atoms with Crippen molar-refractivity contribution in [2.24, 2.45) is 0 Å². The van der Waals surface area contributed by atoms with E-state index in [2.05, 4.69) is 15.2 Å². The lowest BCUT2D eigenvalue weighted by Crippen LogP contribution is -2.10. The molecule has 1 N–H and O–H groups in total. The molecule has 0 fully saturated rings. The van der Waals surface area contributed by atoms with E-state index in [1.54, 1.807) is 36.4 Å². The summed E-state index contributed by atoms with van der Waals surface area (Å²) in [6.07, 6.45) is -0.523. The van der Waals surface area contributed by atoms with Gasteiger partial charge in [-0.3, -0.25) is 5.32 Å². The highest BCUT2D eigenvalue weighted by molar-refractivity contribution is 6.30. The van der Waals surface area contributed by atoms with Crippen molar-refractivity contribution in [3.63, 3.8) is 0 Å². The lowest BCUT2D eigenvalue weighted by atomic mass is 10.1. The maximum atomic E-state index is 11.1. The van der Waals surface area contributed by atoms with Crippen molar-refractivity contribution in [3.05, 3.63) is 65.4 Å². The van der Waals surface area contributed by atoms with Gasteiger partial charge in [-0.25, -0.2) is 4.79 Å². The Hall–Kier alpha value is -2.99. The Labute approximate surface area is 149 Å². The van der Waals surface area contributed by atoms with Crippen molar-refractivity contribution >= 4 is 23.4 Å². The molecular formula is C18H15ClN2O4. The van der Waals surface area contributed by atoms with Crippen LogP contribution in [0.5, 0.6) is 5.75 Å². The van der Waals surface area contributed by atoms with Gasteiger partial charge in [0.25, 0.3) is 0 Å². The first kappa shape index (κ1) is 16.9. The molecule has 128 valence electrons. The average molecular weight is 359 g/mol. The fourth-order valence-corrected chi connectivity index (χ4v) is 2.22. The first-order valence-electron chi connectivity index (χ1n) is 7.43. The van der Waals surface area contributed by atoms with Crippen LogP contribution >= 0.6 is 11.6 Å². The normalized spacial score (nSPS) is 10.3. The van der Waals surface area contributed by atoms with Crippen LogP contribution in [0.25, 0.3) is 11.3 Å². The van der Waals surface area contributed by atoms with E-state index in [4.69, 9.17) is 20.9 Å². The number of nitrogens with zero attached hydrogens (tertiary/aromatic N) is 1. The number of benzene rings is 2. The zero-order valence-electron chi connectivity index (χ0n) is 13.4. The second-order valence-corrected chi connectivity index (χ2v) is 5.55. The van der Waals surface area contributed by atoms with E-state index in [1.165, 1.54) is 7.11 Å². The lowest BCUT2D eigenvalue weighted by Gasteiger charge is -2.06. The molecule has 0 spiro atoms. The van der Waals surface area contributed by atoms with Gasteiger partial charge in [-0.05, 0) is 36.4 Å².